The zero-order valence-electron chi connectivity index (χ0n) is 12.1. The molecule has 1 aliphatic heterocycles. The molecule has 1 amide bonds. The number of aromatic nitrogens is 1. The standard InChI is InChI=1S/C18H16N2O/c1-11-13-7-3-5-9-15(13)19-17(11)20-16-10-6-4-8-14(16)12(2)18(20)21/h3-10,12,19H,1-2H3. The van der Waals surface area contributed by atoms with Crippen molar-refractivity contribution in [3.05, 3.63) is 59.7 Å². The minimum atomic E-state index is -0.0907. The number of nitrogens with one attached hydrogen (secondary N) is 1. The van der Waals surface area contributed by atoms with E-state index < -0.39 is 0 Å². The molecule has 0 fully saturated rings. The van der Waals surface area contributed by atoms with E-state index in [2.05, 4.69) is 18.0 Å². The third-order valence-electron chi connectivity index (χ3n) is 4.40. The summed E-state index contributed by atoms with van der Waals surface area (Å²) < 4.78 is 0. The Morgan fingerprint density at radius 1 is 1.05 bits per heavy atom. The number of para-hydroxylation sites is 2. The van der Waals surface area contributed by atoms with Gasteiger partial charge >= 0.3 is 0 Å². The van der Waals surface area contributed by atoms with Crippen LogP contribution < -0.4 is 4.90 Å². The lowest BCUT2D eigenvalue weighted by Crippen LogP contribution is -2.23. The van der Waals surface area contributed by atoms with Gasteiger partial charge in [0, 0.05) is 10.9 Å². The highest BCUT2D eigenvalue weighted by atomic mass is 16.2. The van der Waals surface area contributed by atoms with Crippen molar-refractivity contribution in [1.82, 2.24) is 4.98 Å². The summed E-state index contributed by atoms with van der Waals surface area (Å²) in [6.45, 7) is 4.03. The van der Waals surface area contributed by atoms with E-state index in [-0.39, 0.29) is 11.8 Å². The maximum atomic E-state index is 12.7. The second kappa shape index (κ2) is 4.22. The summed E-state index contributed by atoms with van der Waals surface area (Å²) in [5.41, 5.74) is 4.27. The highest BCUT2D eigenvalue weighted by Gasteiger charge is 2.36. The van der Waals surface area contributed by atoms with Crippen molar-refractivity contribution in [3.63, 3.8) is 0 Å². The molecule has 0 aliphatic carbocycles. The quantitative estimate of drug-likeness (QED) is 0.708. The second-order valence-electron chi connectivity index (χ2n) is 5.60. The van der Waals surface area contributed by atoms with E-state index in [1.54, 1.807) is 0 Å². The van der Waals surface area contributed by atoms with E-state index in [0.29, 0.717) is 0 Å². The van der Waals surface area contributed by atoms with Gasteiger partial charge in [0.1, 0.15) is 5.82 Å². The molecular formula is C18H16N2O. The highest BCUT2D eigenvalue weighted by Crippen LogP contribution is 2.43. The summed E-state index contributed by atoms with van der Waals surface area (Å²) in [6, 6.07) is 16.2. The summed E-state index contributed by atoms with van der Waals surface area (Å²) in [5.74, 6) is 0.927. The van der Waals surface area contributed by atoms with E-state index in [9.17, 15) is 4.79 Å². The molecule has 1 atom stereocenters. The molecule has 0 spiro atoms. The van der Waals surface area contributed by atoms with Gasteiger partial charge in [-0.1, -0.05) is 36.4 Å². The maximum Gasteiger partial charge on any atom is 0.240 e. The summed E-state index contributed by atoms with van der Waals surface area (Å²) in [6.07, 6.45) is 0. The first-order valence-corrected chi connectivity index (χ1v) is 7.18. The van der Waals surface area contributed by atoms with Crippen molar-refractivity contribution in [3.8, 4) is 0 Å². The Morgan fingerprint density at radius 2 is 1.76 bits per heavy atom. The Kier molecular flexibility index (Phi) is 2.45. The Balaban J connectivity index is 1.97. The van der Waals surface area contributed by atoms with Crippen LogP contribution in [0.1, 0.15) is 24.0 Å². The molecule has 3 nitrogen and oxygen atoms in total. The topological polar surface area (TPSA) is 36.1 Å². The number of benzene rings is 2. The van der Waals surface area contributed by atoms with Crippen molar-refractivity contribution in [2.24, 2.45) is 0 Å². The number of aryl methyl sites for hydroxylation is 1. The molecule has 4 rings (SSSR count). The molecule has 1 aromatic heterocycles. The monoisotopic (exact) mass is 276 g/mol. The van der Waals surface area contributed by atoms with E-state index >= 15 is 0 Å². The zero-order valence-corrected chi connectivity index (χ0v) is 12.1. The van der Waals surface area contributed by atoms with Crippen LogP contribution in [0.2, 0.25) is 0 Å². The first-order chi connectivity index (χ1) is 10.2. The van der Waals surface area contributed by atoms with Gasteiger partial charge in [0.25, 0.3) is 0 Å². The van der Waals surface area contributed by atoms with Crippen LogP contribution in [0.4, 0.5) is 11.5 Å². The van der Waals surface area contributed by atoms with Gasteiger partial charge in [-0.15, -0.1) is 0 Å². The van der Waals surface area contributed by atoms with Crippen molar-refractivity contribution in [2.75, 3.05) is 4.90 Å². The van der Waals surface area contributed by atoms with E-state index in [0.717, 1.165) is 33.5 Å². The SMILES string of the molecule is Cc1c(N2C(=O)C(C)c3ccccc32)[nH]c2ccccc12. The molecule has 3 heteroatoms. The fourth-order valence-electron chi connectivity index (χ4n) is 3.22. The molecule has 0 radical (unpaired) electrons. The van der Waals surface area contributed by atoms with Crippen LogP contribution in [-0.4, -0.2) is 10.9 Å². The van der Waals surface area contributed by atoms with Crippen LogP contribution in [0.25, 0.3) is 10.9 Å². The van der Waals surface area contributed by atoms with Crippen molar-refractivity contribution >= 4 is 28.3 Å². The number of hydrogen-bond acceptors (Lipinski definition) is 1. The smallest absolute Gasteiger partial charge is 0.240 e. The fraction of sp³-hybridized carbons (Fsp3) is 0.167. The number of carbonyl (C=O) groups is 1. The first kappa shape index (κ1) is 12.2. The third kappa shape index (κ3) is 1.57. The molecule has 0 saturated carbocycles. The molecule has 2 aromatic carbocycles. The van der Waals surface area contributed by atoms with Gasteiger partial charge in [-0.2, -0.15) is 0 Å². The lowest BCUT2D eigenvalue weighted by Gasteiger charge is -2.17. The number of H-pyrrole nitrogens is 1. The van der Waals surface area contributed by atoms with Crippen LogP contribution >= 0.6 is 0 Å². The van der Waals surface area contributed by atoms with Gasteiger partial charge in [0.15, 0.2) is 0 Å². The largest absolute Gasteiger partial charge is 0.341 e. The predicted octanol–water partition coefficient (Wildman–Crippen LogP) is 4.26. The second-order valence-corrected chi connectivity index (χ2v) is 5.60. The Labute approximate surface area is 123 Å². The number of fused-ring (bicyclic) bond motifs is 2. The molecule has 0 saturated heterocycles. The van der Waals surface area contributed by atoms with Crippen LogP contribution in [0.15, 0.2) is 48.5 Å². The van der Waals surface area contributed by atoms with Crippen LogP contribution in [-0.2, 0) is 4.79 Å². The van der Waals surface area contributed by atoms with Crippen molar-refractivity contribution in [2.45, 2.75) is 19.8 Å². The number of carbonyl (C=O) groups excluding carboxylic acids is 1. The number of hydrogen-bond donors (Lipinski definition) is 1. The van der Waals surface area contributed by atoms with Gasteiger partial charge < -0.3 is 4.98 Å². The molecule has 0 bridgehead atoms. The molecular weight excluding hydrogens is 260 g/mol. The van der Waals surface area contributed by atoms with Crippen molar-refractivity contribution < 1.29 is 4.79 Å². The zero-order chi connectivity index (χ0) is 14.6. The van der Waals surface area contributed by atoms with Crippen LogP contribution in [0.3, 0.4) is 0 Å². The van der Waals surface area contributed by atoms with Crippen LogP contribution in [0, 0.1) is 6.92 Å². The van der Waals surface area contributed by atoms with Crippen LogP contribution in [0.5, 0.6) is 0 Å². The van der Waals surface area contributed by atoms with Gasteiger partial charge in [-0.3, -0.25) is 9.69 Å². The van der Waals surface area contributed by atoms with Gasteiger partial charge in [0.2, 0.25) is 5.91 Å². The van der Waals surface area contributed by atoms with Gasteiger partial charge in [-0.25, -0.2) is 0 Å². The number of aromatic amines is 1. The number of amides is 1. The van der Waals surface area contributed by atoms with E-state index in [4.69, 9.17) is 0 Å². The van der Waals surface area contributed by atoms with Crippen molar-refractivity contribution in [1.29, 1.82) is 0 Å². The lowest BCUT2D eigenvalue weighted by atomic mass is 10.0. The Hall–Kier alpha value is -2.55. The normalized spacial score (nSPS) is 17.5. The van der Waals surface area contributed by atoms with E-state index in [1.165, 1.54) is 0 Å². The summed E-state index contributed by atoms with van der Waals surface area (Å²) in [4.78, 5) is 17.9. The maximum absolute atomic E-state index is 12.7. The molecule has 1 N–H and O–H groups in total. The molecule has 1 aliphatic rings. The lowest BCUT2D eigenvalue weighted by molar-refractivity contribution is -0.118. The number of anilines is 2. The third-order valence-corrected chi connectivity index (χ3v) is 4.40. The first-order valence-electron chi connectivity index (χ1n) is 7.18. The van der Waals surface area contributed by atoms with E-state index in [1.807, 2.05) is 54.3 Å². The average molecular weight is 276 g/mol. The highest BCUT2D eigenvalue weighted by molar-refractivity contribution is 6.11. The summed E-state index contributed by atoms with van der Waals surface area (Å²) >= 11 is 0. The number of rotatable bonds is 1. The predicted molar refractivity (Wildman–Crippen MR) is 85.0 cm³/mol. The van der Waals surface area contributed by atoms with Gasteiger partial charge in [-0.05, 0) is 37.1 Å². The summed E-state index contributed by atoms with van der Waals surface area (Å²) in [7, 11) is 0. The fourth-order valence-corrected chi connectivity index (χ4v) is 3.22. The average Bonchev–Trinajstić information content (AvgIpc) is 2.96. The molecule has 1 unspecified atom stereocenters. The Bertz CT molecular complexity index is 863. The molecule has 2 heterocycles. The minimum absolute atomic E-state index is 0.0907. The molecule has 21 heavy (non-hydrogen) atoms. The van der Waals surface area contributed by atoms with Gasteiger partial charge in [0.05, 0.1) is 11.6 Å². The number of nitrogens with zero attached hydrogens (tertiary/aromatic N) is 1. The summed E-state index contributed by atoms with van der Waals surface area (Å²) in [5, 5.41) is 1.16. The molecule has 3 aromatic rings. The Morgan fingerprint density at radius 3 is 2.57 bits per heavy atom. The minimum Gasteiger partial charge on any atom is -0.341 e. The molecule has 104 valence electrons.